The number of amides is 1. The first-order valence-corrected chi connectivity index (χ1v) is 8.29. The SMILES string of the molecule is COc1cccc(CCC(=O)N2CCC(n3cccc3)CC2)c1. The molecular weight excluding hydrogens is 288 g/mol. The van der Waals surface area contributed by atoms with E-state index in [0.29, 0.717) is 12.5 Å². The fraction of sp³-hybridized carbons (Fsp3) is 0.421. The van der Waals surface area contributed by atoms with Gasteiger partial charge in [0.15, 0.2) is 0 Å². The molecule has 2 aromatic rings. The van der Waals surface area contributed by atoms with Gasteiger partial charge in [0.2, 0.25) is 5.91 Å². The van der Waals surface area contributed by atoms with E-state index in [-0.39, 0.29) is 5.91 Å². The number of carbonyl (C=O) groups is 1. The summed E-state index contributed by atoms with van der Waals surface area (Å²) < 4.78 is 7.49. The third-order valence-electron chi connectivity index (χ3n) is 4.63. The lowest BCUT2D eigenvalue weighted by molar-refractivity contribution is -0.132. The number of ether oxygens (including phenoxy) is 1. The zero-order valence-corrected chi connectivity index (χ0v) is 13.6. The third-order valence-corrected chi connectivity index (χ3v) is 4.63. The molecule has 4 heteroatoms. The van der Waals surface area contributed by atoms with E-state index in [2.05, 4.69) is 29.1 Å². The van der Waals surface area contributed by atoms with Gasteiger partial charge in [0.1, 0.15) is 5.75 Å². The molecule has 3 rings (SSSR count). The topological polar surface area (TPSA) is 34.5 Å². The van der Waals surface area contributed by atoms with Crippen LogP contribution in [0.2, 0.25) is 0 Å². The third kappa shape index (κ3) is 3.95. The number of benzene rings is 1. The van der Waals surface area contributed by atoms with Crippen molar-refractivity contribution in [3.05, 3.63) is 54.4 Å². The van der Waals surface area contributed by atoms with Crippen LogP contribution in [-0.4, -0.2) is 35.6 Å². The van der Waals surface area contributed by atoms with Gasteiger partial charge in [0.05, 0.1) is 7.11 Å². The second-order valence-corrected chi connectivity index (χ2v) is 6.09. The molecule has 0 N–H and O–H groups in total. The van der Waals surface area contributed by atoms with Gasteiger partial charge in [-0.05, 0) is 49.1 Å². The molecular formula is C19H24N2O2. The lowest BCUT2D eigenvalue weighted by Crippen LogP contribution is -2.39. The van der Waals surface area contributed by atoms with E-state index < -0.39 is 0 Å². The zero-order chi connectivity index (χ0) is 16.1. The van der Waals surface area contributed by atoms with Crippen LogP contribution in [0.4, 0.5) is 0 Å². The van der Waals surface area contributed by atoms with Crippen LogP contribution in [0, 0.1) is 0 Å². The van der Waals surface area contributed by atoms with Gasteiger partial charge in [-0.15, -0.1) is 0 Å². The summed E-state index contributed by atoms with van der Waals surface area (Å²) in [7, 11) is 1.67. The maximum absolute atomic E-state index is 12.4. The average molecular weight is 312 g/mol. The van der Waals surface area contributed by atoms with Gasteiger partial charge < -0.3 is 14.2 Å². The first kappa shape index (κ1) is 15.7. The monoisotopic (exact) mass is 312 g/mol. The Morgan fingerprint density at radius 3 is 2.61 bits per heavy atom. The van der Waals surface area contributed by atoms with Crippen LogP contribution in [0.15, 0.2) is 48.8 Å². The number of aromatic nitrogens is 1. The van der Waals surface area contributed by atoms with Crippen molar-refractivity contribution < 1.29 is 9.53 Å². The number of hydrogen-bond donors (Lipinski definition) is 0. The molecule has 1 fully saturated rings. The molecule has 0 aliphatic carbocycles. The van der Waals surface area contributed by atoms with Crippen LogP contribution >= 0.6 is 0 Å². The summed E-state index contributed by atoms with van der Waals surface area (Å²) >= 11 is 0. The van der Waals surface area contributed by atoms with Gasteiger partial charge in [-0.25, -0.2) is 0 Å². The number of aryl methyl sites for hydroxylation is 1. The van der Waals surface area contributed by atoms with Gasteiger partial charge in [-0.1, -0.05) is 12.1 Å². The van der Waals surface area contributed by atoms with Crippen molar-refractivity contribution in [3.63, 3.8) is 0 Å². The molecule has 1 aliphatic rings. The first-order valence-electron chi connectivity index (χ1n) is 8.29. The largest absolute Gasteiger partial charge is 0.497 e. The van der Waals surface area contributed by atoms with E-state index in [4.69, 9.17) is 4.74 Å². The van der Waals surface area contributed by atoms with E-state index in [0.717, 1.165) is 43.7 Å². The Balaban J connectivity index is 1.48. The molecule has 1 aliphatic heterocycles. The lowest BCUT2D eigenvalue weighted by Gasteiger charge is -2.33. The van der Waals surface area contributed by atoms with E-state index in [1.54, 1.807) is 7.11 Å². The average Bonchev–Trinajstić information content (AvgIpc) is 3.14. The molecule has 1 saturated heterocycles. The molecule has 0 bridgehead atoms. The standard InChI is InChI=1S/C19H24N2O2/c1-23-18-6-4-5-16(15-18)7-8-19(22)21-13-9-17(10-14-21)20-11-2-3-12-20/h2-6,11-12,15,17H,7-10,13-14H2,1H3. The van der Waals surface area contributed by atoms with Gasteiger partial charge in [-0.2, -0.15) is 0 Å². The molecule has 122 valence electrons. The van der Waals surface area contributed by atoms with Gasteiger partial charge in [-0.3, -0.25) is 4.79 Å². The number of carbonyl (C=O) groups excluding carboxylic acids is 1. The van der Waals surface area contributed by atoms with Crippen molar-refractivity contribution in [1.29, 1.82) is 0 Å². The molecule has 0 unspecified atom stereocenters. The normalized spacial score (nSPS) is 15.6. The fourth-order valence-corrected chi connectivity index (χ4v) is 3.24. The van der Waals surface area contributed by atoms with Crippen molar-refractivity contribution in [2.75, 3.05) is 20.2 Å². The molecule has 1 aromatic heterocycles. The van der Waals surface area contributed by atoms with Crippen molar-refractivity contribution >= 4 is 5.91 Å². The van der Waals surface area contributed by atoms with E-state index in [9.17, 15) is 4.79 Å². The second kappa shape index (κ2) is 7.36. The molecule has 1 aromatic carbocycles. The Morgan fingerprint density at radius 1 is 1.17 bits per heavy atom. The molecule has 23 heavy (non-hydrogen) atoms. The smallest absolute Gasteiger partial charge is 0.222 e. The molecule has 1 amide bonds. The van der Waals surface area contributed by atoms with Crippen molar-refractivity contribution in [3.8, 4) is 5.75 Å². The predicted molar refractivity (Wildman–Crippen MR) is 90.6 cm³/mol. The number of piperidine rings is 1. The number of likely N-dealkylation sites (tertiary alicyclic amines) is 1. The van der Waals surface area contributed by atoms with Crippen LogP contribution < -0.4 is 4.74 Å². The number of nitrogens with zero attached hydrogens (tertiary/aromatic N) is 2. The summed E-state index contributed by atoms with van der Waals surface area (Å²) in [6, 6.07) is 12.6. The molecule has 2 heterocycles. The highest BCUT2D eigenvalue weighted by atomic mass is 16.5. The second-order valence-electron chi connectivity index (χ2n) is 6.09. The van der Waals surface area contributed by atoms with E-state index in [1.165, 1.54) is 0 Å². The quantitative estimate of drug-likeness (QED) is 0.849. The minimum Gasteiger partial charge on any atom is -0.497 e. The molecule has 4 nitrogen and oxygen atoms in total. The first-order chi connectivity index (χ1) is 11.3. The van der Waals surface area contributed by atoms with Gasteiger partial charge in [0, 0.05) is 37.9 Å². The minimum atomic E-state index is 0.263. The summed E-state index contributed by atoms with van der Waals surface area (Å²) in [6.07, 6.45) is 7.66. The molecule has 0 atom stereocenters. The van der Waals surface area contributed by atoms with Crippen molar-refractivity contribution in [2.45, 2.75) is 31.7 Å². The maximum atomic E-state index is 12.4. The van der Waals surface area contributed by atoms with Crippen molar-refractivity contribution in [2.24, 2.45) is 0 Å². The van der Waals surface area contributed by atoms with Crippen LogP contribution in [0.1, 0.15) is 30.9 Å². The maximum Gasteiger partial charge on any atom is 0.222 e. The highest BCUT2D eigenvalue weighted by Gasteiger charge is 2.22. The highest BCUT2D eigenvalue weighted by molar-refractivity contribution is 5.76. The number of methoxy groups -OCH3 is 1. The summed E-state index contributed by atoms with van der Waals surface area (Å²) in [4.78, 5) is 14.4. The summed E-state index contributed by atoms with van der Waals surface area (Å²) in [6.45, 7) is 1.72. The van der Waals surface area contributed by atoms with Gasteiger partial charge in [0.25, 0.3) is 0 Å². The van der Waals surface area contributed by atoms with Crippen LogP contribution in [0.5, 0.6) is 5.75 Å². The lowest BCUT2D eigenvalue weighted by atomic mass is 10.0. The van der Waals surface area contributed by atoms with Crippen LogP contribution in [0.3, 0.4) is 0 Å². The number of rotatable bonds is 5. The Hall–Kier alpha value is -2.23. The molecule has 0 saturated carbocycles. The summed E-state index contributed by atoms with van der Waals surface area (Å²) in [5.41, 5.74) is 1.15. The van der Waals surface area contributed by atoms with E-state index >= 15 is 0 Å². The Morgan fingerprint density at radius 2 is 1.91 bits per heavy atom. The number of hydrogen-bond acceptors (Lipinski definition) is 2. The summed E-state index contributed by atoms with van der Waals surface area (Å²) in [5.74, 6) is 1.11. The Labute approximate surface area is 137 Å². The predicted octanol–water partition coefficient (Wildman–Crippen LogP) is 3.29. The van der Waals surface area contributed by atoms with E-state index in [1.807, 2.05) is 29.2 Å². The van der Waals surface area contributed by atoms with Crippen LogP contribution in [0.25, 0.3) is 0 Å². The van der Waals surface area contributed by atoms with Crippen LogP contribution in [-0.2, 0) is 11.2 Å². The van der Waals surface area contributed by atoms with Crippen molar-refractivity contribution in [1.82, 2.24) is 9.47 Å². The minimum absolute atomic E-state index is 0.263. The molecule has 0 radical (unpaired) electrons. The Bertz CT molecular complexity index is 629. The molecule has 0 spiro atoms. The Kier molecular flexibility index (Phi) is 5.01. The van der Waals surface area contributed by atoms with Gasteiger partial charge >= 0.3 is 0 Å². The zero-order valence-electron chi connectivity index (χ0n) is 13.6. The summed E-state index contributed by atoms with van der Waals surface area (Å²) in [5, 5.41) is 0. The highest BCUT2D eigenvalue weighted by Crippen LogP contribution is 2.23. The fourth-order valence-electron chi connectivity index (χ4n) is 3.24.